The van der Waals surface area contributed by atoms with E-state index in [4.69, 9.17) is 10.3 Å². The topological polar surface area (TPSA) is 68.2 Å². The van der Waals surface area contributed by atoms with E-state index in [9.17, 15) is 0 Å². The van der Waals surface area contributed by atoms with Gasteiger partial charge < -0.3 is 10.3 Å². The first-order chi connectivity index (χ1) is 7.28. The summed E-state index contributed by atoms with van der Waals surface area (Å²) in [6, 6.07) is 0.373. The van der Waals surface area contributed by atoms with Gasteiger partial charge >= 0.3 is 0 Å². The average molecular weight is 210 g/mol. The third-order valence-electron chi connectivity index (χ3n) is 2.81. The maximum Gasteiger partial charge on any atom is 0.226 e. The first-order valence-electron chi connectivity index (χ1n) is 5.57. The molecule has 0 aromatic carbocycles. The molecule has 0 aliphatic carbocycles. The highest BCUT2D eigenvalue weighted by molar-refractivity contribution is 4.87. The van der Waals surface area contributed by atoms with E-state index in [1.807, 2.05) is 6.92 Å². The summed E-state index contributed by atoms with van der Waals surface area (Å²) in [4.78, 5) is 6.62. The SMILES string of the molecule is CCc1nc(CN2CCC(N)CC2)no1. The van der Waals surface area contributed by atoms with Crippen molar-refractivity contribution in [3.8, 4) is 0 Å². The van der Waals surface area contributed by atoms with Crippen molar-refractivity contribution >= 4 is 0 Å². The predicted molar refractivity (Wildman–Crippen MR) is 56.2 cm³/mol. The second kappa shape index (κ2) is 4.72. The lowest BCUT2D eigenvalue weighted by molar-refractivity contribution is 0.199. The highest BCUT2D eigenvalue weighted by Gasteiger charge is 2.17. The molecule has 2 heterocycles. The summed E-state index contributed by atoms with van der Waals surface area (Å²) >= 11 is 0. The van der Waals surface area contributed by atoms with E-state index in [1.165, 1.54) is 0 Å². The molecule has 0 radical (unpaired) electrons. The Morgan fingerprint density at radius 2 is 2.20 bits per heavy atom. The van der Waals surface area contributed by atoms with E-state index in [0.717, 1.165) is 50.6 Å². The van der Waals surface area contributed by atoms with E-state index >= 15 is 0 Å². The molecule has 1 fully saturated rings. The highest BCUT2D eigenvalue weighted by atomic mass is 16.5. The molecule has 2 N–H and O–H groups in total. The molecule has 0 bridgehead atoms. The fraction of sp³-hybridized carbons (Fsp3) is 0.800. The van der Waals surface area contributed by atoms with Crippen LogP contribution in [0.5, 0.6) is 0 Å². The molecule has 0 spiro atoms. The van der Waals surface area contributed by atoms with Crippen LogP contribution in [0.2, 0.25) is 0 Å². The number of hydrogen-bond donors (Lipinski definition) is 1. The molecule has 0 unspecified atom stereocenters. The molecular weight excluding hydrogens is 192 g/mol. The maximum absolute atomic E-state index is 5.84. The van der Waals surface area contributed by atoms with E-state index in [-0.39, 0.29) is 0 Å². The summed E-state index contributed by atoms with van der Waals surface area (Å²) in [6.07, 6.45) is 2.94. The molecule has 5 nitrogen and oxygen atoms in total. The monoisotopic (exact) mass is 210 g/mol. The third kappa shape index (κ3) is 2.76. The molecule has 1 aromatic heterocycles. The zero-order valence-electron chi connectivity index (χ0n) is 9.15. The Morgan fingerprint density at radius 3 is 2.80 bits per heavy atom. The molecule has 15 heavy (non-hydrogen) atoms. The number of piperidine rings is 1. The fourth-order valence-electron chi connectivity index (χ4n) is 1.81. The number of hydrogen-bond acceptors (Lipinski definition) is 5. The Morgan fingerprint density at radius 1 is 1.47 bits per heavy atom. The van der Waals surface area contributed by atoms with Gasteiger partial charge in [-0.05, 0) is 12.8 Å². The van der Waals surface area contributed by atoms with Crippen LogP contribution in [0.1, 0.15) is 31.5 Å². The summed E-state index contributed by atoms with van der Waals surface area (Å²) in [7, 11) is 0. The third-order valence-corrected chi connectivity index (χ3v) is 2.81. The van der Waals surface area contributed by atoms with Gasteiger partial charge in [-0.15, -0.1) is 0 Å². The molecule has 1 aliphatic heterocycles. The van der Waals surface area contributed by atoms with Gasteiger partial charge in [0.15, 0.2) is 5.82 Å². The van der Waals surface area contributed by atoms with Crippen LogP contribution in [0.4, 0.5) is 0 Å². The Hall–Kier alpha value is -0.940. The molecule has 1 saturated heterocycles. The Balaban J connectivity index is 1.86. The summed E-state index contributed by atoms with van der Waals surface area (Å²) < 4.78 is 5.06. The van der Waals surface area contributed by atoms with Crippen molar-refractivity contribution < 1.29 is 4.52 Å². The van der Waals surface area contributed by atoms with Crippen molar-refractivity contribution in [3.63, 3.8) is 0 Å². The van der Waals surface area contributed by atoms with Gasteiger partial charge in [-0.1, -0.05) is 12.1 Å². The van der Waals surface area contributed by atoms with Crippen LogP contribution in [-0.2, 0) is 13.0 Å². The van der Waals surface area contributed by atoms with Crippen molar-refractivity contribution in [1.29, 1.82) is 0 Å². The first kappa shape index (κ1) is 10.6. The van der Waals surface area contributed by atoms with Gasteiger partial charge in [-0.25, -0.2) is 0 Å². The van der Waals surface area contributed by atoms with Crippen molar-refractivity contribution in [2.24, 2.45) is 5.73 Å². The van der Waals surface area contributed by atoms with Crippen molar-refractivity contribution in [2.75, 3.05) is 13.1 Å². The second-order valence-corrected chi connectivity index (χ2v) is 4.07. The zero-order chi connectivity index (χ0) is 10.7. The molecule has 84 valence electrons. The summed E-state index contributed by atoms with van der Waals surface area (Å²) in [5, 5.41) is 3.94. The average Bonchev–Trinajstić information content (AvgIpc) is 2.69. The van der Waals surface area contributed by atoms with E-state index in [2.05, 4.69) is 15.0 Å². The number of likely N-dealkylation sites (tertiary alicyclic amines) is 1. The largest absolute Gasteiger partial charge is 0.339 e. The first-order valence-corrected chi connectivity index (χ1v) is 5.57. The van der Waals surface area contributed by atoms with Crippen LogP contribution in [0.25, 0.3) is 0 Å². The molecule has 5 heteroatoms. The fourth-order valence-corrected chi connectivity index (χ4v) is 1.81. The molecule has 2 rings (SSSR count). The lowest BCUT2D eigenvalue weighted by Gasteiger charge is -2.28. The molecule has 0 atom stereocenters. The minimum atomic E-state index is 0.373. The molecule has 1 aromatic rings. The minimum Gasteiger partial charge on any atom is -0.339 e. The van der Waals surface area contributed by atoms with Crippen molar-refractivity contribution in [3.05, 3.63) is 11.7 Å². The standard InChI is InChI=1S/C10H18N4O/c1-2-10-12-9(13-15-10)7-14-5-3-8(11)4-6-14/h8H,2-7,11H2,1H3. The van der Waals surface area contributed by atoms with Crippen LogP contribution in [0, 0.1) is 0 Å². The second-order valence-electron chi connectivity index (χ2n) is 4.07. The number of aromatic nitrogens is 2. The van der Waals surface area contributed by atoms with Gasteiger partial charge in [0.25, 0.3) is 0 Å². The molecule has 0 saturated carbocycles. The summed E-state index contributed by atoms with van der Waals surface area (Å²) in [5.41, 5.74) is 5.84. The Kier molecular flexibility index (Phi) is 3.33. The number of nitrogens with two attached hydrogens (primary N) is 1. The molecule has 0 amide bonds. The van der Waals surface area contributed by atoms with E-state index in [1.54, 1.807) is 0 Å². The predicted octanol–water partition coefficient (Wildman–Crippen LogP) is 0.555. The summed E-state index contributed by atoms with van der Waals surface area (Å²) in [5.74, 6) is 1.51. The molecule has 1 aliphatic rings. The highest BCUT2D eigenvalue weighted by Crippen LogP contribution is 2.11. The minimum absolute atomic E-state index is 0.373. The zero-order valence-corrected chi connectivity index (χ0v) is 9.15. The van der Waals surface area contributed by atoms with Crippen molar-refractivity contribution in [1.82, 2.24) is 15.0 Å². The lowest BCUT2D eigenvalue weighted by Crippen LogP contribution is -2.39. The lowest BCUT2D eigenvalue weighted by atomic mass is 10.1. The van der Waals surface area contributed by atoms with Crippen LogP contribution in [0.15, 0.2) is 4.52 Å². The van der Waals surface area contributed by atoms with Crippen LogP contribution < -0.4 is 5.73 Å². The Bertz CT molecular complexity index is 304. The van der Waals surface area contributed by atoms with Gasteiger partial charge in [-0.2, -0.15) is 4.98 Å². The number of aryl methyl sites for hydroxylation is 1. The number of nitrogens with zero attached hydrogens (tertiary/aromatic N) is 3. The van der Waals surface area contributed by atoms with Crippen LogP contribution in [0.3, 0.4) is 0 Å². The summed E-state index contributed by atoms with van der Waals surface area (Å²) in [6.45, 7) is 4.88. The van der Waals surface area contributed by atoms with Crippen LogP contribution in [-0.4, -0.2) is 34.2 Å². The Labute approximate surface area is 89.6 Å². The maximum atomic E-state index is 5.84. The van der Waals surface area contributed by atoms with Gasteiger partial charge in [0, 0.05) is 25.6 Å². The van der Waals surface area contributed by atoms with Crippen LogP contribution >= 0.6 is 0 Å². The molecular formula is C10H18N4O. The quantitative estimate of drug-likeness (QED) is 0.789. The van der Waals surface area contributed by atoms with Gasteiger partial charge in [0.05, 0.1) is 6.54 Å². The normalized spacial score (nSPS) is 19.6. The van der Waals surface area contributed by atoms with Gasteiger partial charge in [0.2, 0.25) is 5.89 Å². The van der Waals surface area contributed by atoms with Gasteiger partial charge in [0.1, 0.15) is 0 Å². The smallest absolute Gasteiger partial charge is 0.226 e. The van der Waals surface area contributed by atoms with E-state index < -0.39 is 0 Å². The van der Waals surface area contributed by atoms with Crippen molar-refractivity contribution in [2.45, 2.75) is 38.8 Å². The number of rotatable bonds is 3. The van der Waals surface area contributed by atoms with Gasteiger partial charge in [-0.3, -0.25) is 4.90 Å². The van der Waals surface area contributed by atoms with E-state index in [0.29, 0.717) is 6.04 Å².